The molecule has 0 aromatic rings. The first-order chi connectivity index (χ1) is 5.08. The van der Waals surface area contributed by atoms with Gasteiger partial charge in [-0.3, -0.25) is 0 Å². The zero-order valence-electron chi connectivity index (χ0n) is 7.23. The van der Waals surface area contributed by atoms with Crippen molar-refractivity contribution in [3.63, 3.8) is 0 Å². The van der Waals surface area contributed by atoms with Crippen LogP contribution < -0.4 is 51.4 Å². The topological polar surface area (TPSA) is 9.23 Å². The summed E-state index contributed by atoms with van der Waals surface area (Å²) in [7, 11) is 0. The van der Waals surface area contributed by atoms with Crippen molar-refractivity contribution in [2.75, 3.05) is 6.51 Å². The Morgan fingerprint density at radius 2 is 1.67 bits per heavy atom. The quantitative estimate of drug-likeness (QED) is 0.557. The molecule has 0 aliphatic heterocycles. The molecule has 12 heavy (non-hydrogen) atoms. The maximum atomic E-state index is 11.6. The molecule has 1 aliphatic carbocycles. The Labute approximate surface area is 113 Å². The van der Waals surface area contributed by atoms with Crippen molar-refractivity contribution in [2.45, 2.75) is 31.8 Å². The standard InChI is InChI=1S/C6H11BF3O.K/c8-7(9,10)5-11-6-3-1-2-4-6;/h6H,1-5H2;/q-1;+1. The summed E-state index contributed by atoms with van der Waals surface area (Å²) in [6.45, 7) is -5.76. The van der Waals surface area contributed by atoms with Gasteiger partial charge in [0.25, 0.3) is 0 Å². The zero-order valence-corrected chi connectivity index (χ0v) is 10.4. The van der Waals surface area contributed by atoms with E-state index in [9.17, 15) is 12.9 Å². The largest absolute Gasteiger partial charge is 1.00 e. The summed E-state index contributed by atoms with van der Waals surface area (Å²) in [4.78, 5) is 0. The zero-order chi connectivity index (χ0) is 8.32. The first-order valence-electron chi connectivity index (χ1n) is 3.90. The van der Waals surface area contributed by atoms with Gasteiger partial charge in [-0.2, -0.15) is 0 Å². The van der Waals surface area contributed by atoms with Crippen LogP contribution in [-0.2, 0) is 4.74 Å². The van der Waals surface area contributed by atoms with Gasteiger partial charge >= 0.3 is 58.4 Å². The third-order valence-corrected chi connectivity index (χ3v) is 1.82. The summed E-state index contributed by atoms with van der Waals surface area (Å²) < 4.78 is 39.6. The van der Waals surface area contributed by atoms with Crippen LogP contribution in [-0.4, -0.2) is 19.6 Å². The van der Waals surface area contributed by atoms with Crippen LogP contribution in [0.25, 0.3) is 0 Å². The van der Waals surface area contributed by atoms with Gasteiger partial charge in [0.15, 0.2) is 0 Å². The molecule has 0 saturated heterocycles. The number of halogens is 3. The van der Waals surface area contributed by atoms with Gasteiger partial charge in [0.1, 0.15) is 0 Å². The second kappa shape index (κ2) is 6.03. The van der Waals surface area contributed by atoms with Gasteiger partial charge in [-0.1, -0.05) is 12.8 Å². The molecule has 0 unspecified atom stereocenters. The second-order valence-electron chi connectivity index (χ2n) is 2.95. The summed E-state index contributed by atoms with van der Waals surface area (Å²) in [5, 5.41) is 0. The first kappa shape index (κ1) is 13.5. The first-order valence-corrected chi connectivity index (χ1v) is 3.90. The molecule has 0 bridgehead atoms. The van der Waals surface area contributed by atoms with Gasteiger partial charge in [-0.05, 0) is 12.8 Å². The molecule has 1 fully saturated rings. The molecule has 0 aromatic carbocycles. The third-order valence-electron chi connectivity index (χ3n) is 1.82. The van der Waals surface area contributed by atoms with Crippen molar-refractivity contribution in [1.29, 1.82) is 0 Å². The minimum atomic E-state index is -4.74. The van der Waals surface area contributed by atoms with E-state index < -0.39 is 13.5 Å². The molecule has 0 radical (unpaired) electrons. The number of rotatable bonds is 3. The molecule has 0 spiro atoms. The average molecular weight is 206 g/mol. The molecule has 1 nitrogen and oxygen atoms in total. The van der Waals surface area contributed by atoms with Crippen molar-refractivity contribution in [3.8, 4) is 0 Å². The minimum absolute atomic E-state index is 0. The fraction of sp³-hybridized carbons (Fsp3) is 1.00. The Kier molecular flexibility index (Phi) is 6.76. The van der Waals surface area contributed by atoms with Gasteiger partial charge in [0.2, 0.25) is 0 Å². The SMILES string of the molecule is F[B-](F)(F)COC1CCCC1.[K+]. The van der Waals surface area contributed by atoms with Crippen LogP contribution in [0, 0.1) is 0 Å². The van der Waals surface area contributed by atoms with E-state index in [4.69, 9.17) is 0 Å². The van der Waals surface area contributed by atoms with Crippen molar-refractivity contribution in [3.05, 3.63) is 0 Å². The predicted octanol–water partition coefficient (Wildman–Crippen LogP) is -0.664. The Balaban J connectivity index is 0.00000121. The minimum Gasteiger partial charge on any atom is -0.447 e. The van der Waals surface area contributed by atoms with E-state index in [0.717, 1.165) is 25.7 Å². The summed E-state index contributed by atoms with van der Waals surface area (Å²) in [6.07, 6.45) is 3.49. The summed E-state index contributed by atoms with van der Waals surface area (Å²) in [5.74, 6) is 0. The van der Waals surface area contributed by atoms with Gasteiger partial charge in [-0.25, -0.2) is 0 Å². The Morgan fingerprint density at radius 1 is 1.17 bits per heavy atom. The van der Waals surface area contributed by atoms with E-state index in [1.807, 2.05) is 0 Å². The summed E-state index contributed by atoms with van der Waals surface area (Å²) >= 11 is 0. The molecular weight excluding hydrogens is 195 g/mol. The summed E-state index contributed by atoms with van der Waals surface area (Å²) in [5.41, 5.74) is 0. The molecule has 0 aromatic heterocycles. The molecule has 0 atom stereocenters. The van der Waals surface area contributed by atoms with Crippen LogP contribution in [0.3, 0.4) is 0 Å². The molecule has 1 aliphatic rings. The fourth-order valence-electron chi connectivity index (χ4n) is 1.30. The van der Waals surface area contributed by atoms with E-state index in [2.05, 4.69) is 4.74 Å². The molecule has 0 N–H and O–H groups in total. The van der Waals surface area contributed by atoms with Crippen LogP contribution in [0.1, 0.15) is 25.7 Å². The molecule has 6 heteroatoms. The number of hydrogen-bond acceptors (Lipinski definition) is 1. The second-order valence-corrected chi connectivity index (χ2v) is 2.95. The third kappa shape index (κ3) is 5.99. The predicted molar refractivity (Wildman–Crippen MR) is 37.3 cm³/mol. The number of ether oxygens (including phenoxy) is 1. The maximum Gasteiger partial charge on any atom is 1.00 e. The molecule has 0 amide bonds. The fourth-order valence-corrected chi connectivity index (χ4v) is 1.30. The Bertz CT molecular complexity index is 124. The van der Waals surface area contributed by atoms with Crippen molar-refractivity contribution < 1.29 is 69.1 Å². The van der Waals surface area contributed by atoms with Crippen LogP contribution in [0.4, 0.5) is 12.9 Å². The van der Waals surface area contributed by atoms with Gasteiger partial charge < -0.3 is 17.7 Å². The molecule has 1 saturated carbocycles. The van der Waals surface area contributed by atoms with Crippen LogP contribution in [0.2, 0.25) is 0 Å². The van der Waals surface area contributed by atoms with E-state index in [-0.39, 0.29) is 57.5 Å². The van der Waals surface area contributed by atoms with Gasteiger partial charge in [0, 0.05) is 6.51 Å². The van der Waals surface area contributed by atoms with E-state index in [1.54, 1.807) is 0 Å². The molecule has 1 rings (SSSR count). The van der Waals surface area contributed by atoms with Crippen LogP contribution >= 0.6 is 0 Å². The normalized spacial score (nSPS) is 19.2. The smallest absolute Gasteiger partial charge is 0.447 e. The van der Waals surface area contributed by atoms with E-state index in [1.165, 1.54) is 0 Å². The van der Waals surface area contributed by atoms with Gasteiger partial charge in [-0.15, -0.1) is 0 Å². The number of hydrogen-bond donors (Lipinski definition) is 0. The van der Waals surface area contributed by atoms with Crippen LogP contribution in [0.15, 0.2) is 0 Å². The molecular formula is C6H11BF3KO. The Morgan fingerprint density at radius 3 is 2.08 bits per heavy atom. The van der Waals surface area contributed by atoms with Gasteiger partial charge in [0.05, 0.1) is 6.10 Å². The van der Waals surface area contributed by atoms with Crippen LogP contribution in [0.5, 0.6) is 0 Å². The molecule has 66 valence electrons. The van der Waals surface area contributed by atoms with E-state index in [0.29, 0.717) is 0 Å². The van der Waals surface area contributed by atoms with Crippen molar-refractivity contribution >= 4 is 6.98 Å². The average Bonchev–Trinajstić information content (AvgIpc) is 2.32. The van der Waals surface area contributed by atoms with E-state index >= 15 is 0 Å². The monoisotopic (exact) mass is 206 g/mol. The van der Waals surface area contributed by atoms with Crippen molar-refractivity contribution in [1.82, 2.24) is 0 Å². The summed E-state index contributed by atoms with van der Waals surface area (Å²) in [6, 6.07) is 0. The maximum absolute atomic E-state index is 11.6. The molecule has 0 heterocycles. The Hall–Kier alpha value is 1.45. The van der Waals surface area contributed by atoms with Crippen molar-refractivity contribution in [2.24, 2.45) is 0 Å².